The molecule has 0 aromatic rings. The van der Waals surface area contributed by atoms with Crippen molar-refractivity contribution in [3.05, 3.63) is 0 Å². The number of fused-ring (bicyclic) bond motifs is 10. The molecule has 23 heavy (non-hydrogen) atoms. The second kappa shape index (κ2) is 0.809. The monoisotopic (exact) mass is 362 g/mol. The van der Waals surface area contributed by atoms with E-state index in [1.165, 1.54) is 0 Å². The summed E-state index contributed by atoms with van der Waals surface area (Å²) in [6.07, 6.45) is 0. The third-order valence-electron chi connectivity index (χ3n) is 16.4. The fourth-order valence-corrected chi connectivity index (χ4v) is 97.1. The first-order valence-electron chi connectivity index (χ1n) is 7.64. The molecule has 10 fully saturated rings. The third-order valence-corrected chi connectivity index (χ3v) is 59.8. The van der Waals surface area contributed by atoms with Crippen LogP contribution in [-0.4, -0.2) is 44.3 Å². The molecule has 10 rings (SSSR count). The number of aliphatic carboxylic acids is 4. The van der Waals surface area contributed by atoms with E-state index >= 15 is 0 Å². The number of carboxylic acids is 4. The summed E-state index contributed by atoms with van der Waals surface area (Å²) in [7, 11) is 0. The molecule has 0 radical (unpaired) electrons. The van der Waals surface area contributed by atoms with Gasteiger partial charge in [-0.15, -0.1) is 0 Å². The van der Waals surface area contributed by atoms with Crippen LogP contribution in [0.15, 0.2) is 0 Å². The first-order valence-corrected chi connectivity index (χ1v) is 13.7. The molecule has 10 saturated heterocycles. The van der Waals surface area contributed by atoms with E-state index in [4.69, 9.17) is 0 Å². The molecule has 0 aliphatic carbocycles. The van der Waals surface area contributed by atoms with Gasteiger partial charge in [-0.1, -0.05) is 0 Å². The number of rotatable bonds is 4. The van der Waals surface area contributed by atoms with E-state index in [1.54, 1.807) is 0 Å². The van der Waals surface area contributed by atoms with Crippen molar-refractivity contribution in [3.8, 4) is 0 Å². The van der Waals surface area contributed by atoms with Gasteiger partial charge in [0.2, 0.25) is 0 Å². The summed E-state index contributed by atoms with van der Waals surface area (Å²) in [5.41, 5.74) is 0. The number of hydrogen-bond acceptors (Lipinski definition) is 4. The van der Waals surface area contributed by atoms with Gasteiger partial charge in [-0.05, 0) is 0 Å². The van der Waals surface area contributed by atoms with Gasteiger partial charge in [-0.2, -0.15) is 0 Å². The van der Waals surface area contributed by atoms with Gasteiger partial charge in [0.15, 0.2) is 0 Å². The van der Waals surface area contributed by atoms with Gasteiger partial charge in [-0.3, -0.25) is 0 Å². The van der Waals surface area contributed by atoms with Crippen molar-refractivity contribution in [2.24, 2.45) is 0 Å². The van der Waals surface area contributed by atoms with Crippen LogP contribution in [0.25, 0.3) is 0 Å². The fraction of sp³-hybridized carbons (Fsp3) is 0.714. The predicted molar refractivity (Wildman–Crippen MR) is 63.8 cm³/mol. The Morgan fingerprint density at radius 3 is 1.09 bits per heavy atom. The summed E-state index contributed by atoms with van der Waals surface area (Å²) in [6.45, 7) is -5.91. The van der Waals surface area contributed by atoms with Crippen molar-refractivity contribution in [1.82, 2.24) is 0 Å². The molecule has 9 heteroatoms. The van der Waals surface area contributed by atoms with E-state index in [9.17, 15) is 39.6 Å². The Kier molecular flexibility index (Phi) is 0.339. The van der Waals surface area contributed by atoms with Crippen LogP contribution in [0.3, 0.4) is 0 Å². The van der Waals surface area contributed by atoms with E-state index in [2.05, 4.69) is 0 Å². The molecule has 0 saturated carbocycles. The summed E-state index contributed by atoms with van der Waals surface area (Å²) in [6, 6.07) is 0. The Morgan fingerprint density at radius 1 is 0.609 bits per heavy atom. The molecular formula is C14H10FeO8. The Labute approximate surface area is 116 Å². The summed E-state index contributed by atoms with van der Waals surface area (Å²) >= 11 is 0. The number of hydrogen-bond donors (Lipinski definition) is 4. The summed E-state index contributed by atoms with van der Waals surface area (Å²) in [4.78, 5) is 48.6. The third kappa shape index (κ3) is 0.0897. The molecule has 10 aliphatic rings. The molecule has 1 spiro atoms. The zero-order chi connectivity index (χ0) is 16.1. The maximum absolute atomic E-state index is 12.5. The van der Waals surface area contributed by atoms with Crippen LogP contribution >= 0.6 is 0 Å². The Bertz CT molecular complexity index is 1300. The van der Waals surface area contributed by atoms with Gasteiger partial charge in [0.1, 0.15) is 0 Å². The molecule has 0 aromatic heterocycles. The second-order valence-electron chi connectivity index (χ2n) is 11.1. The topological polar surface area (TPSA) is 149 Å². The minimum absolute atomic E-state index is 0.108. The molecule has 0 aromatic carbocycles. The van der Waals surface area contributed by atoms with Crippen LogP contribution in [0.1, 0.15) is 0 Å². The quantitative estimate of drug-likeness (QED) is 0.545. The van der Waals surface area contributed by atoms with Gasteiger partial charge < -0.3 is 0 Å². The standard InChI is InChI=1S/C9H5O8.C5H5.Fe/c10-6(11)2-1-3(7(12)13)5(9(16)17)4(2)8(14)15;1-2-4-5-3-1;/h1H,(H,10,11)(H,12,13)(H,14,15)(H,16,17);1-5H;. The maximum atomic E-state index is 12.5. The van der Waals surface area contributed by atoms with Crippen molar-refractivity contribution in [2.45, 2.75) is 46.2 Å². The fourth-order valence-electron chi connectivity index (χ4n) is 19.7. The number of carboxylic acid groups (broad SMARTS) is 4. The molecule has 4 N–H and O–H groups in total. The first kappa shape index (κ1) is 9.64. The Hall–Kier alpha value is -1.60. The van der Waals surface area contributed by atoms with Crippen molar-refractivity contribution in [1.29, 1.82) is 0 Å². The molecule has 10 heterocycles. The van der Waals surface area contributed by atoms with E-state index < -0.39 is 52.5 Å². The van der Waals surface area contributed by atoms with Crippen LogP contribution in [-0.2, 0) is 25.7 Å². The zero-order valence-electron chi connectivity index (χ0n) is 11.2. The zero-order valence-corrected chi connectivity index (χ0v) is 12.3. The molecule has 10 aliphatic heterocycles. The van der Waals surface area contributed by atoms with E-state index in [0.717, 1.165) is 0 Å². The van der Waals surface area contributed by atoms with Crippen molar-refractivity contribution in [3.63, 3.8) is 0 Å². The van der Waals surface area contributed by atoms with E-state index in [0.29, 0.717) is 0 Å². The van der Waals surface area contributed by atoms with Crippen LogP contribution in [0.5, 0.6) is 0 Å². The van der Waals surface area contributed by atoms with Gasteiger partial charge in [0.25, 0.3) is 0 Å². The second-order valence-corrected chi connectivity index (χ2v) is 33.7. The molecule has 8 nitrogen and oxygen atoms in total. The van der Waals surface area contributed by atoms with Gasteiger partial charge in [0.05, 0.1) is 0 Å². The summed E-state index contributed by atoms with van der Waals surface area (Å²) < 4.78 is -6.27. The van der Waals surface area contributed by atoms with Crippen molar-refractivity contribution in [2.75, 3.05) is 0 Å². The average molecular weight is 362 g/mol. The van der Waals surface area contributed by atoms with Crippen molar-refractivity contribution >= 4 is 23.9 Å². The molecule has 122 valence electrons. The first-order chi connectivity index (χ1) is 10.5. The van der Waals surface area contributed by atoms with Crippen molar-refractivity contribution < 1.29 is 46.1 Å². The molecule has 0 amide bonds. The normalized spacial score (nSPS) is 100. The van der Waals surface area contributed by atoms with E-state index in [-0.39, 0.29) is 24.1 Å². The van der Waals surface area contributed by atoms with E-state index in [1.807, 2.05) is 0 Å². The summed E-state index contributed by atoms with van der Waals surface area (Å²) in [5.74, 6) is -4.94. The minimum atomic E-state index is -5.91. The van der Waals surface area contributed by atoms with Crippen LogP contribution < -0.4 is 0 Å². The number of carbonyl (C=O) groups is 4. The molecule has 0 bridgehead atoms. The Morgan fingerprint density at radius 2 is 0.913 bits per heavy atom. The van der Waals surface area contributed by atoms with Gasteiger partial charge in [0, 0.05) is 0 Å². The molecule has 4 atom stereocenters. The van der Waals surface area contributed by atoms with Crippen LogP contribution in [0, 0.1) is 0 Å². The van der Waals surface area contributed by atoms with Crippen LogP contribution in [0.4, 0.5) is 0 Å². The van der Waals surface area contributed by atoms with Gasteiger partial charge >= 0.3 is 116 Å². The van der Waals surface area contributed by atoms with Crippen LogP contribution in [0.2, 0.25) is 46.2 Å². The Balaban J connectivity index is 1.69. The average Bonchev–Trinajstić information content (AvgIpc) is 3.38. The summed E-state index contributed by atoms with van der Waals surface area (Å²) in [5, 5.41) is 40.5. The molecular weight excluding hydrogens is 352 g/mol. The van der Waals surface area contributed by atoms with Gasteiger partial charge in [-0.25, -0.2) is 0 Å². The predicted octanol–water partition coefficient (Wildman–Crippen LogP) is 1.19. The SMILES string of the molecule is O=C(O)[C]12[CH]3[C]4(C(=O)O)[C]5(C(=O)O)[C]1(C(=O)O)[Fe]32451678[CH]2[CH]1[CH]6[CH]7[CH]28. The molecule has 4 unspecified atom stereocenters.